The maximum absolute atomic E-state index is 12.3. The number of nitrogens with two attached hydrogens (primary N) is 1. The minimum absolute atomic E-state index is 0.00489. The van der Waals surface area contributed by atoms with Crippen LogP contribution in [0.1, 0.15) is 16.8 Å². The first-order chi connectivity index (χ1) is 13.0. The zero-order valence-electron chi connectivity index (χ0n) is 14.0. The maximum Gasteiger partial charge on any atom is 0.281 e. The topological polar surface area (TPSA) is 163 Å². The quantitative estimate of drug-likeness (QED) is 0.399. The van der Waals surface area contributed by atoms with E-state index in [1.165, 1.54) is 12.4 Å². The van der Waals surface area contributed by atoms with Crippen LogP contribution in [-0.2, 0) is 4.79 Å². The van der Waals surface area contributed by atoms with Gasteiger partial charge in [0.25, 0.3) is 11.8 Å². The van der Waals surface area contributed by atoms with Gasteiger partial charge in [-0.2, -0.15) is 20.0 Å². The number of aliphatic imine (C=N–C) groups is 1. The molecule has 1 aliphatic heterocycles. The molecule has 3 heterocycles. The van der Waals surface area contributed by atoms with Crippen LogP contribution in [0.5, 0.6) is 0 Å². The second kappa shape index (κ2) is 7.65. The standard InChI is InChI=1S/C14H14N10O2S/c1-16-12-19-11(15)20-13(21-12)22-14(27)18-8-5-9(25)24(23-8)10(26)7-3-2-4-17-6-7/h2-4,6H,5H2,1H3,(H5,15,16,18,19,20,21,22,23,27). The number of anilines is 3. The molecule has 2 aromatic heterocycles. The van der Waals surface area contributed by atoms with Gasteiger partial charge in [-0.3, -0.25) is 25.3 Å². The van der Waals surface area contributed by atoms with Gasteiger partial charge in [-0.1, -0.05) is 0 Å². The molecule has 5 N–H and O–H groups in total. The van der Waals surface area contributed by atoms with E-state index in [0.29, 0.717) is 0 Å². The number of carbonyl (C=O) groups excluding carboxylic acids is 2. The zero-order chi connectivity index (χ0) is 19.4. The SMILES string of the molecule is CNc1nc(N)nc(NC(=S)/N=C2\CC(=O)N(C(=O)c3cccnc3)N2)n1. The summed E-state index contributed by atoms with van der Waals surface area (Å²) in [6.45, 7) is 0. The molecule has 12 nitrogen and oxygen atoms in total. The summed E-state index contributed by atoms with van der Waals surface area (Å²) >= 11 is 5.11. The number of amides is 2. The number of hydrogen-bond acceptors (Lipinski definition) is 9. The molecule has 27 heavy (non-hydrogen) atoms. The van der Waals surface area contributed by atoms with E-state index in [1.807, 2.05) is 0 Å². The van der Waals surface area contributed by atoms with Crippen molar-refractivity contribution < 1.29 is 9.59 Å². The molecule has 0 atom stereocenters. The molecule has 13 heteroatoms. The monoisotopic (exact) mass is 386 g/mol. The van der Waals surface area contributed by atoms with Crippen LogP contribution >= 0.6 is 12.2 Å². The highest BCUT2D eigenvalue weighted by molar-refractivity contribution is 7.80. The van der Waals surface area contributed by atoms with Gasteiger partial charge in [0.1, 0.15) is 5.84 Å². The molecule has 0 saturated carbocycles. The molecule has 2 aromatic rings. The Hall–Kier alpha value is -3.74. The Kier molecular flexibility index (Phi) is 5.12. The van der Waals surface area contributed by atoms with Gasteiger partial charge in [-0.15, -0.1) is 0 Å². The summed E-state index contributed by atoms with van der Waals surface area (Å²) < 4.78 is 0. The van der Waals surface area contributed by atoms with Crippen molar-refractivity contribution in [1.29, 1.82) is 0 Å². The van der Waals surface area contributed by atoms with Crippen molar-refractivity contribution in [1.82, 2.24) is 30.4 Å². The van der Waals surface area contributed by atoms with Gasteiger partial charge in [-0.05, 0) is 24.4 Å². The first kappa shape index (κ1) is 18.1. The van der Waals surface area contributed by atoms with Crippen molar-refractivity contribution in [3.8, 4) is 0 Å². The Labute approximate surface area is 158 Å². The van der Waals surface area contributed by atoms with Gasteiger partial charge in [0.2, 0.25) is 23.0 Å². The lowest BCUT2D eigenvalue weighted by Gasteiger charge is -2.13. The lowest BCUT2D eigenvalue weighted by molar-refractivity contribution is -0.126. The van der Waals surface area contributed by atoms with Crippen LogP contribution < -0.4 is 21.8 Å². The summed E-state index contributed by atoms with van der Waals surface area (Å²) in [7, 11) is 1.62. The number of rotatable bonds is 3. The molecule has 2 amide bonds. The van der Waals surface area contributed by atoms with Crippen LogP contribution in [0.3, 0.4) is 0 Å². The molecule has 0 bridgehead atoms. The first-order valence-corrected chi connectivity index (χ1v) is 7.99. The third-order valence-corrected chi connectivity index (χ3v) is 3.45. The summed E-state index contributed by atoms with van der Waals surface area (Å²) in [4.78, 5) is 44.1. The van der Waals surface area contributed by atoms with Crippen LogP contribution in [0.15, 0.2) is 29.5 Å². The van der Waals surface area contributed by atoms with E-state index in [9.17, 15) is 9.59 Å². The predicted octanol–water partition coefficient (Wildman–Crippen LogP) is -0.437. The van der Waals surface area contributed by atoms with Crippen molar-refractivity contribution >= 4 is 52.8 Å². The van der Waals surface area contributed by atoms with Crippen molar-refractivity contribution in [2.24, 2.45) is 4.99 Å². The minimum Gasteiger partial charge on any atom is -0.368 e. The highest BCUT2D eigenvalue weighted by atomic mass is 32.1. The van der Waals surface area contributed by atoms with Crippen LogP contribution in [0.25, 0.3) is 0 Å². The molecule has 138 valence electrons. The number of aromatic nitrogens is 4. The van der Waals surface area contributed by atoms with E-state index >= 15 is 0 Å². The fraction of sp³-hybridized carbons (Fsp3) is 0.143. The average molecular weight is 386 g/mol. The number of nitrogens with zero attached hydrogens (tertiary/aromatic N) is 6. The number of hydrazine groups is 1. The molecule has 0 aromatic carbocycles. The van der Waals surface area contributed by atoms with Gasteiger partial charge in [0.05, 0.1) is 12.0 Å². The fourth-order valence-corrected chi connectivity index (χ4v) is 2.31. The highest BCUT2D eigenvalue weighted by Crippen LogP contribution is 2.10. The van der Waals surface area contributed by atoms with E-state index in [4.69, 9.17) is 18.0 Å². The molecule has 0 spiro atoms. The number of amidine groups is 1. The maximum atomic E-state index is 12.3. The van der Waals surface area contributed by atoms with Crippen LogP contribution in [0, 0.1) is 0 Å². The van der Waals surface area contributed by atoms with Crippen molar-refractivity contribution in [2.75, 3.05) is 23.4 Å². The Morgan fingerprint density at radius 2 is 2.15 bits per heavy atom. The Morgan fingerprint density at radius 1 is 1.37 bits per heavy atom. The van der Waals surface area contributed by atoms with Crippen LogP contribution in [0.4, 0.5) is 17.8 Å². The van der Waals surface area contributed by atoms with Crippen molar-refractivity contribution in [3.05, 3.63) is 30.1 Å². The summed E-state index contributed by atoms with van der Waals surface area (Å²) in [5.74, 6) is -0.467. The van der Waals surface area contributed by atoms with Crippen molar-refractivity contribution in [3.63, 3.8) is 0 Å². The van der Waals surface area contributed by atoms with E-state index in [-0.39, 0.29) is 40.8 Å². The predicted molar refractivity (Wildman–Crippen MR) is 101 cm³/mol. The third kappa shape index (κ3) is 4.27. The smallest absolute Gasteiger partial charge is 0.281 e. The first-order valence-electron chi connectivity index (χ1n) is 7.58. The summed E-state index contributed by atoms with van der Waals surface area (Å²) in [6, 6.07) is 3.15. The molecular weight excluding hydrogens is 372 g/mol. The van der Waals surface area contributed by atoms with Gasteiger partial charge in [-0.25, -0.2) is 4.99 Å². The number of nitrogen functional groups attached to an aromatic ring is 1. The molecule has 1 aliphatic rings. The molecule has 1 fully saturated rings. The fourth-order valence-electron chi connectivity index (χ4n) is 2.11. The lowest BCUT2D eigenvalue weighted by Crippen LogP contribution is -2.41. The molecule has 0 unspecified atom stereocenters. The molecule has 0 radical (unpaired) electrons. The van der Waals surface area contributed by atoms with Crippen LogP contribution in [0.2, 0.25) is 0 Å². The number of pyridine rings is 1. The number of carbonyl (C=O) groups is 2. The molecule has 3 rings (SSSR count). The third-order valence-electron chi connectivity index (χ3n) is 3.25. The van der Waals surface area contributed by atoms with Gasteiger partial charge in [0.15, 0.2) is 0 Å². The van der Waals surface area contributed by atoms with Gasteiger partial charge < -0.3 is 11.1 Å². The molecule has 0 aliphatic carbocycles. The second-order valence-electron chi connectivity index (χ2n) is 5.14. The molecule has 1 saturated heterocycles. The van der Waals surface area contributed by atoms with E-state index in [1.54, 1.807) is 19.2 Å². The largest absolute Gasteiger partial charge is 0.368 e. The van der Waals surface area contributed by atoms with E-state index in [0.717, 1.165) is 5.01 Å². The minimum atomic E-state index is -0.541. The number of imide groups is 1. The summed E-state index contributed by atoms with van der Waals surface area (Å²) in [6.07, 6.45) is 2.78. The normalized spacial score (nSPS) is 14.8. The number of hydrogen-bond donors (Lipinski definition) is 4. The number of thiocarbonyl (C=S) groups is 1. The Bertz CT molecular complexity index is 933. The summed E-state index contributed by atoms with van der Waals surface area (Å²) in [5.41, 5.74) is 8.46. The van der Waals surface area contributed by atoms with Crippen molar-refractivity contribution in [2.45, 2.75) is 6.42 Å². The van der Waals surface area contributed by atoms with Gasteiger partial charge >= 0.3 is 0 Å². The Balaban J connectivity index is 1.69. The van der Waals surface area contributed by atoms with E-state index in [2.05, 4.69) is 41.0 Å². The number of nitrogens with one attached hydrogen (secondary N) is 3. The average Bonchev–Trinajstić information content (AvgIpc) is 3.01. The van der Waals surface area contributed by atoms with E-state index < -0.39 is 11.8 Å². The highest BCUT2D eigenvalue weighted by Gasteiger charge is 2.32. The van der Waals surface area contributed by atoms with Gasteiger partial charge in [0, 0.05) is 19.4 Å². The zero-order valence-corrected chi connectivity index (χ0v) is 14.8. The molecular formula is C14H14N10O2S. The second-order valence-corrected chi connectivity index (χ2v) is 5.53. The summed E-state index contributed by atoms with van der Waals surface area (Å²) in [5, 5.41) is 6.24. The Morgan fingerprint density at radius 3 is 2.85 bits per heavy atom. The van der Waals surface area contributed by atoms with Crippen LogP contribution in [-0.4, -0.2) is 54.8 Å². The lowest BCUT2D eigenvalue weighted by atomic mass is 10.2.